The van der Waals surface area contributed by atoms with Crippen LogP contribution < -0.4 is 0 Å². The third-order valence-electron chi connectivity index (χ3n) is 6.67. The van der Waals surface area contributed by atoms with Crippen molar-refractivity contribution >= 4 is 0 Å². The Kier molecular flexibility index (Phi) is 5.82. The van der Waals surface area contributed by atoms with Crippen LogP contribution in [0.15, 0.2) is 55.1 Å². The number of piperidine rings is 1. The van der Waals surface area contributed by atoms with Gasteiger partial charge in [-0.1, -0.05) is 42.5 Å². The summed E-state index contributed by atoms with van der Waals surface area (Å²) in [6.45, 7) is 12.8. The van der Waals surface area contributed by atoms with Gasteiger partial charge in [-0.05, 0) is 94.7 Å². The first-order chi connectivity index (χ1) is 13.1. The molecule has 3 rings (SSSR count). The largest absolute Gasteiger partial charge is 0.296 e. The van der Waals surface area contributed by atoms with Gasteiger partial charge in [0.05, 0.1) is 0 Å². The molecule has 150 valence electrons. The van der Waals surface area contributed by atoms with Crippen molar-refractivity contribution in [3.63, 3.8) is 0 Å². The van der Waals surface area contributed by atoms with Gasteiger partial charge in [0, 0.05) is 11.1 Å². The minimum absolute atomic E-state index is 0.0544. The first kappa shape index (κ1) is 20.8. The van der Waals surface area contributed by atoms with Gasteiger partial charge in [0.25, 0.3) is 0 Å². The smallest absolute Gasteiger partial charge is 0.127 e. The lowest BCUT2D eigenvalue weighted by atomic mass is 9.71. The molecule has 0 radical (unpaired) electrons. The van der Waals surface area contributed by atoms with Gasteiger partial charge in [-0.15, -0.1) is 6.58 Å². The van der Waals surface area contributed by atoms with Crippen LogP contribution in [-0.2, 0) is 6.42 Å². The van der Waals surface area contributed by atoms with E-state index >= 15 is 4.39 Å². The van der Waals surface area contributed by atoms with Crippen molar-refractivity contribution in [1.82, 2.24) is 4.90 Å². The number of aryl methyl sites for hydroxylation is 1. The van der Waals surface area contributed by atoms with Crippen molar-refractivity contribution < 1.29 is 4.39 Å². The molecule has 1 nitrogen and oxygen atoms in total. The zero-order valence-corrected chi connectivity index (χ0v) is 18.1. The first-order valence-corrected chi connectivity index (χ1v) is 10.4. The summed E-state index contributed by atoms with van der Waals surface area (Å²) < 4.78 is 15.1. The van der Waals surface area contributed by atoms with Crippen LogP contribution in [0.2, 0.25) is 0 Å². The van der Waals surface area contributed by atoms with Crippen LogP contribution in [-0.4, -0.2) is 23.0 Å². The highest BCUT2D eigenvalue weighted by Crippen LogP contribution is 2.45. The van der Waals surface area contributed by atoms with E-state index in [9.17, 15) is 0 Å². The molecule has 0 aromatic heterocycles. The molecular weight excluding hydrogens is 345 g/mol. The fourth-order valence-corrected chi connectivity index (χ4v) is 4.76. The monoisotopic (exact) mass is 379 g/mol. The molecule has 2 heteroatoms. The number of hydrogen-bond acceptors (Lipinski definition) is 1. The van der Waals surface area contributed by atoms with E-state index in [1.165, 1.54) is 5.56 Å². The van der Waals surface area contributed by atoms with E-state index < -0.39 is 0 Å². The summed E-state index contributed by atoms with van der Waals surface area (Å²) in [4.78, 5) is 2.44. The number of likely N-dealkylation sites (tertiary alicyclic amines) is 1. The SMILES string of the molecule is C=CCCc1ccc(-c2ccc(C3CC(C)(C)N(C)C(C)(C)C3)c(F)c2)cc1. The fraction of sp³-hybridized carbons (Fsp3) is 0.462. The first-order valence-electron chi connectivity index (χ1n) is 10.4. The molecule has 0 spiro atoms. The van der Waals surface area contributed by atoms with Gasteiger partial charge in [0.1, 0.15) is 5.82 Å². The molecule has 0 atom stereocenters. The molecule has 0 bridgehead atoms. The van der Waals surface area contributed by atoms with Crippen molar-refractivity contribution in [2.45, 2.75) is 70.4 Å². The Balaban J connectivity index is 1.84. The quantitative estimate of drug-likeness (QED) is 0.507. The Morgan fingerprint density at radius 1 is 1.00 bits per heavy atom. The minimum atomic E-state index is -0.0746. The van der Waals surface area contributed by atoms with Crippen LogP contribution in [0, 0.1) is 5.82 Å². The maximum absolute atomic E-state index is 15.1. The van der Waals surface area contributed by atoms with Crippen LogP contribution in [0.25, 0.3) is 11.1 Å². The maximum atomic E-state index is 15.1. The van der Waals surface area contributed by atoms with Crippen LogP contribution in [0.1, 0.15) is 64.0 Å². The molecule has 28 heavy (non-hydrogen) atoms. The van der Waals surface area contributed by atoms with E-state index in [1.807, 2.05) is 12.1 Å². The number of nitrogens with zero attached hydrogens (tertiary/aromatic N) is 1. The summed E-state index contributed by atoms with van der Waals surface area (Å²) in [7, 11) is 2.19. The van der Waals surface area contributed by atoms with E-state index in [-0.39, 0.29) is 22.8 Å². The predicted molar refractivity (Wildman–Crippen MR) is 118 cm³/mol. The van der Waals surface area contributed by atoms with Crippen molar-refractivity contribution in [1.29, 1.82) is 0 Å². The molecule has 1 aliphatic rings. The summed E-state index contributed by atoms with van der Waals surface area (Å²) in [5.41, 5.74) is 4.27. The Labute approximate surface area is 170 Å². The van der Waals surface area contributed by atoms with Gasteiger partial charge >= 0.3 is 0 Å². The van der Waals surface area contributed by atoms with Crippen LogP contribution >= 0.6 is 0 Å². The molecule has 0 saturated carbocycles. The number of hydrogen-bond donors (Lipinski definition) is 0. The Morgan fingerprint density at radius 2 is 1.57 bits per heavy atom. The second-order valence-corrected chi connectivity index (χ2v) is 9.55. The zero-order chi connectivity index (χ0) is 20.5. The average Bonchev–Trinajstić information content (AvgIpc) is 2.64. The molecule has 1 fully saturated rings. The van der Waals surface area contributed by atoms with Crippen LogP contribution in [0.3, 0.4) is 0 Å². The molecular formula is C26H34FN. The highest BCUT2D eigenvalue weighted by Gasteiger charge is 2.43. The summed E-state index contributed by atoms with van der Waals surface area (Å²) in [6, 6.07) is 14.3. The molecule has 1 aliphatic heterocycles. The molecule has 2 aromatic rings. The standard InChI is InChI=1S/C26H34FN/c1-7-8-9-19-10-12-20(13-11-19)21-14-15-23(24(27)16-21)22-17-25(2,3)28(6)26(4,5)18-22/h7,10-16,22H,1,8-9,17-18H2,2-6H3. The Morgan fingerprint density at radius 3 is 2.11 bits per heavy atom. The summed E-state index contributed by atoms with van der Waals surface area (Å²) in [5, 5.41) is 0. The van der Waals surface area contributed by atoms with Gasteiger partial charge in [-0.25, -0.2) is 4.39 Å². The van der Waals surface area contributed by atoms with Crippen LogP contribution in [0.4, 0.5) is 4.39 Å². The van der Waals surface area contributed by atoms with E-state index in [1.54, 1.807) is 6.07 Å². The average molecular weight is 380 g/mol. The lowest BCUT2D eigenvalue weighted by molar-refractivity contribution is -0.0133. The molecule has 0 N–H and O–H groups in total. The van der Waals surface area contributed by atoms with Crippen molar-refractivity contribution in [2.75, 3.05) is 7.05 Å². The van der Waals surface area contributed by atoms with E-state index in [0.717, 1.165) is 42.4 Å². The molecule has 0 amide bonds. The van der Waals surface area contributed by atoms with Gasteiger partial charge in [-0.3, -0.25) is 4.90 Å². The van der Waals surface area contributed by atoms with Crippen LogP contribution in [0.5, 0.6) is 0 Å². The van der Waals surface area contributed by atoms with E-state index in [0.29, 0.717) is 0 Å². The third kappa shape index (κ3) is 4.22. The topological polar surface area (TPSA) is 3.24 Å². The van der Waals surface area contributed by atoms with Gasteiger partial charge in [0.2, 0.25) is 0 Å². The Hall–Kier alpha value is -1.93. The second kappa shape index (κ2) is 7.83. The van der Waals surface area contributed by atoms with Gasteiger partial charge in [0.15, 0.2) is 0 Å². The van der Waals surface area contributed by atoms with E-state index in [2.05, 4.69) is 76.6 Å². The number of benzene rings is 2. The lowest BCUT2D eigenvalue weighted by Crippen LogP contribution is -2.58. The summed E-state index contributed by atoms with van der Waals surface area (Å²) >= 11 is 0. The highest BCUT2D eigenvalue weighted by atomic mass is 19.1. The molecule has 1 heterocycles. The van der Waals surface area contributed by atoms with Crippen molar-refractivity contribution in [3.8, 4) is 11.1 Å². The normalized spacial score (nSPS) is 19.5. The zero-order valence-electron chi connectivity index (χ0n) is 18.1. The molecule has 0 aliphatic carbocycles. The number of halogens is 1. The second-order valence-electron chi connectivity index (χ2n) is 9.55. The van der Waals surface area contributed by atoms with Gasteiger partial charge in [-0.2, -0.15) is 0 Å². The van der Waals surface area contributed by atoms with Crippen molar-refractivity contribution in [3.05, 3.63) is 72.1 Å². The third-order valence-corrected chi connectivity index (χ3v) is 6.67. The molecule has 0 unspecified atom stereocenters. The number of allylic oxidation sites excluding steroid dienone is 1. The van der Waals surface area contributed by atoms with Crippen molar-refractivity contribution in [2.24, 2.45) is 0 Å². The van der Waals surface area contributed by atoms with Gasteiger partial charge < -0.3 is 0 Å². The lowest BCUT2D eigenvalue weighted by Gasteiger charge is -2.54. The highest BCUT2D eigenvalue weighted by molar-refractivity contribution is 5.64. The fourth-order valence-electron chi connectivity index (χ4n) is 4.76. The molecule has 2 aromatic carbocycles. The predicted octanol–water partition coefficient (Wildman–Crippen LogP) is 6.98. The maximum Gasteiger partial charge on any atom is 0.127 e. The molecule has 1 saturated heterocycles. The Bertz CT molecular complexity index is 814. The summed E-state index contributed by atoms with van der Waals surface area (Å²) in [5.74, 6) is 0.172. The van der Waals surface area contributed by atoms with E-state index in [4.69, 9.17) is 0 Å². The summed E-state index contributed by atoms with van der Waals surface area (Å²) in [6.07, 6.45) is 5.86. The minimum Gasteiger partial charge on any atom is -0.296 e. The number of rotatable bonds is 5.